The summed E-state index contributed by atoms with van der Waals surface area (Å²) >= 11 is 1.66. The lowest BCUT2D eigenvalue weighted by Crippen LogP contribution is -2.30. The van der Waals surface area contributed by atoms with E-state index in [1.54, 1.807) is 11.8 Å². The molecule has 0 aromatic rings. The minimum absolute atomic E-state index is 0.131. The lowest BCUT2D eigenvalue weighted by Gasteiger charge is -2.17. The van der Waals surface area contributed by atoms with E-state index < -0.39 is 0 Å². The number of ether oxygens (including phenoxy) is 1. The van der Waals surface area contributed by atoms with E-state index in [4.69, 9.17) is 9.73 Å². The fraction of sp³-hybridized carbons (Fsp3) is 0.647. The number of aliphatic imine (C=N–C) groups is 1. The van der Waals surface area contributed by atoms with Gasteiger partial charge in [0.1, 0.15) is 5.84 Å². The summed E-state index contributed by atoms with van der Waals surface area (Å²) in [6, 6.07) is 0.131. The largest absolute Gasteiger partial charge is 0.462 e. The van der Waals surface area contributed by atoms with Crippen molar-refractivity contribution >= 4 is 23.6 Å². The molecule has 0 aromatic carbocycles. The summed E-state index contributed by atoms with van der Waals surface area (Å²) in [7, 11) is 0. The number of carbonyl (C=O) groups excluding carboxylic acids is 1. The van der Waals surface area contributed by atoms with Crippen LogP contribution in [0, 0.1) is 5.92 Å². The van der Waals surface area contributed by atoms with Gasteiger partial charge in [0.2, 0.25) is 0 Å². The molecule has 0 aromatic heterocycles. The van der Waals surface area contributed by atoms with Gasteiger partial charge < -0.3 is 10.1 Å². The van der Waals surface area contributed by atoms with Gasteiger partial charge in [-0.3, -0.25) is 4.99 Å². The van der Waals surface area contributed by atoms with Crippen LogP contribution in [0.15, 0.2) is 27.2 Å². The first kappa shape index (κ1) is 18.8. The van der Waals surface area contributed by atoms with Crippen molar-refractivity contribution in [3.63, 3.8) is 0 Å². The Balaban J connectivity index is 3.23. The third-order valence-electron chi connectivity index (χ3n) is 3.78. The second-order valence-corrected chi connectivity index (χ2v) is 6.44. The molecule has 0 saturated carbocycles. The molecule has 0 unspecified atom stereocenters. The summed E-state index contributed by atoms with van der Waals surface area (Å²) in [6.45, 7) is 10.6. The second-order valence-electron chi connectivity index (χ2n) is 5.62. The lowest BCUT2D eigenvalue weighted by atomic mass is 10.1. The zero-order valence-corrected chi connectivity index (χ0v) is 15.3. The Bertz CT molecular complexity index is 493. The van der Waals surface area contributed by atoms with E-state index in [9.17, 15) is 4.79 Å². The van der Waals surface area contributed by atoms with Crippen molar-refractivity contribution in [2.75, 3.05) is 12.9 Å². The number of nitrogens with one attached hydrogen (secondary N) is 1. The standard InChI is InChI=1S/C17H28N2O2S/c1-7-13-9-10-14(17(20)21-8-2)15(19-16(13)22-6)18-12(5)11(3)4/h10-12H,7-9H2,1-6H3,(H,18,19)/t12-/m0/s1. The van der Waals surface area contributed by atoms with E-state index in [1.807, 2.05) is 19.3 Å². The van der Waals surface area contributed by atoms with E-state index in [1.165, 1.54) is 5.57 Å². The van der Waals surface area contributed by atoms with Gasteiger partial charge in [-0.15, -0.1) is 11.8 Å². The monoisotopic (exact) mass is 324 g/mol. The van der Waals surface area contributed by atoms with Crippen molar-refractivity contribution in [1.82, 2.24) is 5.32 Å². The van der Waals surface area contributed by atoms with Gasteiger partial charge in [0.05, 0.1) is 23.3 Å². The van der Waals surface area contributed by atoms with Crippen molar-refractivity contribution in [3.05, 3.63) is 22.3 Å². The Labute approximate surface area is 138 Å². The molecule has 1 atom stereocenters. The van der Waals surface area contributed by atoms with Crippen LogP contribution in [-0.4, -0.2) is 30.7 Å². The summed E-state index contributed by atoms with van der Waals surface area (Å²) < 4.78 is 5.19. The fourth-order valence-electron chi connectivity index (χ4n) is 2.02. The zero-order valence-electron chi connectivity index (χ0n) is 14.5. The molecule has 1 aliphatic rings. The SMILES string of the molecule is CCOC(=O)C1=CCC(CC)=C(SC)NC1=N[C@@H](C)C(C)C. The summed E-state index contributed by atoms with van der Waals surface area (Å²) in [5.74, 6) is 0.739. The molecular formula is C17H28N2O2S. The normalized spacial score (nSPS) is 18.9. The Morgan fingerprint density at radius 1 is 1.41 bits per heavy atom. The predicted octanol–water partition coefficient (Wildman–Crippen LogP) is 3.90. The number of allylic oxidation sites excluding steroid dienone is 2. The third-order valence-corrected chi connectivity index (χ3v) is 4.58. The van der Waals surface area contributed by atoms with Gasteiger partial charge in [0.25, 0.3) is 0 Å². The van der Waals surface area contributed by atoms with Crippen molar-refractivity contribution in [2.45, 2.75) is 53.5 Å². The van der Waals surface area contributed by atoms with Crippen LogP contribution in [0.1, 0.15) is 47.5 Å². The van der Waals surface area contributed by atoms with Crippen LogP contribution in [-0.2, 0) is 9.53 Å². The molecule has 1 aliphatic heterocycles. The predicted molar refractivity (Wildman–Crippen MR) is 95.0 cm³/mol. The van der Waals surface area contributed by atoms with Crippen LogP contribution >= 0.6 is 11.8 Å². The first-order valence-electron chi connectivity index (χ1n) is 7.92. The number of amidine groups is 1. The van der Waals surface area contributed by atoms with Gasteiger partial charge in [-0.2, -0.15) is 0 Å². The van der Waals surface area contributed by atoms with Crippen molar-refractivity contribution in [2.24, 2.45) is 10.9 Å². The molecule has 0 fully saturated rings. The van der Waals surface area contributed by atoms with Gasteiger partial charge >= 0.3 is 5.97 Å². The number of carbonyl (C=O) groups is 1. The highest BCUT2D eigenvalue weighted by atomic mass is 32.2. The Morgan fingerprint density at radius 3 is 2.59 bits per heavy atom. The summed E-state index contributed by atoms with van der Waals surface area (Å²) in [6.07, 6.45) is 5.68. The van der Waals surface area contributed by atoms with Crippen LogP contribution in [0.2, 0.25) is 0 Å². The van der Waals surface area contributed by atoms with E-state index in [-0.39, 0.29) is 12.0 Å². The maximum Gasteiger partial charge on any atom is 0.341 e. The molecular weight excluding hydrogens is 296 g/mol. The number of esters is 1. The van der Waals surface area contributed by atoms with Gasteiger partial charge in [-0.25, -0.2) is 4.79 Å². The highest BCUT2D eigenvalue weighted by molar-refractivity contribution is 8.02. The molecule has 0 amide bonds. The van der Waals surface area contributed by atoms with Crippen molar-refractivity contribution in [1.29, 1.82) is 0 Å². The van der Waals surface area contributed by atoms with Crippen LogP contribution in [0.25, 0.3) is 0 Å². The number of hydrogen-bond acceptors (Lipinski definition) is 4. The molecule has 1 N–H and O–H groups in total. The van der Waals surface area contributed by atoms with Crippen LogP contribution in [0.5, 0.6) is 0 Å². The number of rotatable bonds is 6. The van der Waals surface area contributed by atoms with Gasteiger partial charge in [-0.1, -0.05) is 26.8 Å². The molecule has 0 aliphatic carbocycles. The zero-order chi connectivity index (χ0) is 16.7. The lowest BCUT2D eigenvalue weighted by molar-refractivity contribution is -0.137. The van der Waals surface area contributed by atoms with Gasteiger partial charge in [0, 0.05) is 0 Å². The van der Waals surface area contributed by atoms with Gasteiger partial charge in [0.15, 0.2) is 0 Å². The van der Waals surface area contributed by atoms with Crippen LogP contribution in [0.4, 0.5) is 0 Å². The maximum absolute atomic E-state index is 12.3. The molecule has 4 nitrogen and oxygen atoms in total. The molecule has 0 bridgehead atoms. The summed E-state index contributed by atoms with van der Waals surface area (Å²) in [5.41, 5.74) is 1.83. The second kappa shape index (κ2) is 9.03. The number of nitrogens with zero attached hydrogens (tertiary/aromatic N) is 1. The van der Waals surface area contributed by atoms with Crippen LogP contribution < -0.4 is 5.32 Å². The minimum atomic E-state index is -0.303. The fourth-order valence-corrected chi connectivity index (χ4v) is 2.74. The average molecular weight is 324 g/mol. The van der Waals surface area contributed by atoms with Crippen molar-refractivity contribution in [3.8, 4) is 0 Å². The molecule has 124 valence electrons. The molecule has 1 rings (SSSR count). The topological polar surface area (TPSA) is 50.7 Å². The third kappa shape index (κ3) is 4.90. The average Bonchev–Trinajstić information content (AvgIpc) is 2.66. The van der Waals surface area contributed by atoms with E-state index in [0.29, 0.717) is 23.9 Å². The molecule has 1 heterocycles. The molecule has 5 heteroatoms. The Morgan fingerprint density at radius 2 is 2.09 bits per heavy atom. The highest BCUT2D eigenvalue weighted by Gasteiger charge is 2.23. The van der Waals surface area contributed by atoms with Crippen molar-refractivity contribution < 1.29 is 9.53 Å². The van der Waals surface area contributed by atoms with Gasteiger partial charge in [-0.05, 0) is 44.4 Å². The first-order chi connectivity index (χ1) is 10.4. The highest BCUT2D eigenvalue weighted by Crippen LogP contribution is 2.25. The number of thioether (sulfide) groups is 1. The molecule has 0 radical (unpaired) electrons. The minimum Gasteiger partial charge on any atom is -0.462 e. The molecule has 0 spiro atoms. The Hall–Kier alpha value is -1.23. The Kier molecular flexibility index (Phi) is 7.73. The smallest absolute Gasteiger partial charge is 0.341 e. The maximum atomic E-state index is 12.3. The quantitative estimate of drug-likeness (QED) is 0.753. The van der Waals surface area contributed by atoms with Crippen LogP contribution in [0.3, 0.4) is 0 Å². The summed E-state index contributed by atoms with van der Waals surface area (Å²) in [4.78, 5) is 17.0. The van der Waals surface area contributed by atoms with E-state index >= 15 is 0 Å². The first-order valence-corrected chi connectivity index (χ1v) is 9.15. The van der Waals surface area contributed by atoms with E-state index in [0.717, 1.165) is 17.9 Å². The molecule has 22 heavy (non-hydrogen) atoms. The summed E-state index contributed by atoms with van der Waals surface area (Å²) in [5, 5.41) is 4.46. The van der Waals surface area contributed by atoms with E-state index in [2.05, 4.69) is 33.0 Å². The molecule has 0 saturated heterocycles. The number of hydrogen-bond donors (Lipinski definition) is 1.